The maximum atomic E-state index is 11.9. The molecular weight excluding hydrogens is 348 g/mol. The molecule has 0 radical (unpaired) electrons. The van der Waals surface area contributed by atoms with Gasteiger partial charge in [0.05, 0.1) is 12.7 Å². The summed E-state index contributed by atoms with van der Waals surface area (Å²) in [5.41, 5.74) is 3.48. The smallest absolute Gasteiger partial charge is 0.338 e. The predicted molar refractivity (Wildman–Crippen MR) is 74.7 cm³/mol. The zero-order chi connectivity index (χ0) is 12.4. The number of hydrogen-bond donors (Lipinski definition) is 0. The van der Waals surface area contributed by atoms with Gasteiger partial charge in [0.2, 0.25) is 0 Å². The summed E-state index contributed by atoms with van der Waals surface area (Å²) < 4.78 is 5.80. The lowest BCUT2D eigenvalue weighted by atomic mass is 10.1. The van der Waals surface area contributed by atoms with Gasteiger partial charge in [-0.2, -0.15) is 0 Å². The van der Waals surface area contributed by atoms with Crippen molar-refractivity contribution < 1.29 is 9.53 Å². The molecule has 0 N–H and O–H groups in total. The van der Waals surface area contributed by atoms with E-state index in [-0.39, 0.29) is 5.97 Å². The highest BCUT2D eigenvalue weighted by Crippen LogP contribution is 2.41. The molecule has 0 atom stereocenters. The normalized spacial score (nSPS) is 10.5. The van der Waals surface area contributed by atoms with Gasteiger partial charge < -0.3 is 4.74 Å². The number of fused-ring (bicyclic) bond motifs is 1. The Balaban J connectivity index is 2.79. The third-order valence-electron chi connectivity index (χ3n) is 2.63. The molecule has 0 fully saturated rings. The van der Waals surface area contributed by atoms with Gasteiger partial charge in [0, 0.05) is 9.80 Å². The van der Waals surface area contributed by atoms with Crippen molar-refractivity contribution in [1.29, 1.82) is 0 Å². The number of carbonyl (C=O) groups is 1. The van der Waals surface area contributed by atoms with Crippen molar-refractivity contribution in [2.45, 2.75) is 5.33 Å². The molecule has 4 heteroatoms. The van der Waals surface area contributed by atoms with Crippen LogP contribution in [0.5, 0.6) is 0 Å². The minimum Gasteiger partial charge on any atom is -0.465 e. The summed E-state index contributed by atoms with van der Waals surface area (Å²) in [5.74, 6) is -0.304. The van der Waals surface area contributed by atoms with E-state index in [4.69, 9.17) is 4.74 Å². The molecule has 2 rings (SSSR count). The highest BCUT2D eigenvalue weighted by atomic mass is 79.9. The Hall–Kier alpha value is -0.870. The highest BCUT2D eigenvalue weighted by molar-refractivity contribution is 9.11. The first kappa shape index (κ1) is 12.6. The molecule has 0 amide bonds. The van der Waals surface area contributed by atoms with E-state index in [0.29, 0.717) is 10.9 Å². The van der Waals surface area contributed by atoms with E-state index in [0.717, 1.165) is 21.2 Å². The van der Waals surface area contributed by atoms with Crippen molar-refractivity contribution in [1.82, 2.24) is 0 Å². The molecule has 0 aromatic heterocycles. The minimum atomic E-state index is -0.304. The molecule has 2 nitrogen and oxygen atoms in total. The fourth-order valence-corrected chi connectivity index (χ4v) is 3.47. The Bertz CT molecular complexity index is 537. The zero-order valence-electron chi connectivity index (χ0n) is 9.17. The fraction of sp³-hybridized carbons (Fsp3) is 0.154. The Labute approximate surface area is 117 Å². The fourth-order valence-electron chi connectivity index (χ4n) is 1.85. The molecule has 0 aromatic carbocycles. The first-order chi connectivity index (χ1) is 8.20. The molecule has 0 saturated carbocycles. The van der Waals surface area contributed by atoms with Crippen molar-refractivity contribution in [3.63, 3.8) is 0 Å². The van der Waals surface area contributed by atoms with Crippen molar-refractivity contribution in [2.24, 2.45) is 0 Å². The predicted octanol–water partition coefficient (Wildman–Crippen LogP) is 4.24. The molecule has 2 aliphatic rings. The van der Waals surface area contributed by atoms with Crippen LogP contribution in [0.15, 0.2) is 34.8 Å². The Kier molecular flexibility index (Phi) is 3.84. The van der Waals surface area contributed by atoms with Crippen LogP contribution >= 0.6 is 31.9 Å². The maximum Gasteiger partial charge on any atom is 0.338 e. The number of ether oxygens (including phenoxy) is 1. The van der Waals surface area contributed by atoms with E-state index in [9.17, 15) is 4.79 Å². The summed E-state index contributed by atoms with van der Waals surface area (Å²) in [5, 5.41) is 0.608. The summed E-state index contributed by atoms with van der Waals surface area (Å²) in [6.07, 6.45) is 0. The molecule has 0 bridgehead atoms. The average Bonchev–Trinajstić information content (AvgIpc) is 2.52. The number of carbonyl (C=O) groups excluding carboxylic acids is 1. The monoisotopic (exact) mass is 356 g/mol. The van der Waals surface area contributed by atoms with Crippen LogP contribution in [0.25, 0.3) is 11.1 Å². The quantitative estimate of drug-likeness (QED) is 0.593. The van der Waals surface area contributed by atoms with Crippen LogP contribution in [-0.4, -0.2) is 13.1 Å². The molecule has 0 unspecified atom stereocenters. The van der Waals surface area contributed by atoms with Crippen LogP contribution in [0.3, 0.4) is 0 Å². The lowest BCUT2D eigenvalue weighted by Crippen LogP contribution is -2.03. The number of halogens is 2. The topological polar surface area (TPSA) is 26.3 Å². The van der Waals surface area contributed by atoms with Gasteiger partial charge in [-0.1, -0.05) is 46.3 Å². The summed E-state index contributed by atoms with van der Waals surface area (Å²) in [7, 11) is 1.40. The number of esters is 1. The van der Waals surface area contributed by atoms with Gasteiger partial charge in [0.25, 0.3) is 0 Å². The molecule has 0 heterocycles. The second-order valence-corrected chi connectivity index (χ2v) is 4.88. The van der Waals surface area contributed by atoms with E-state index in [1.165, 1.54) is 7.11 Å². The van der Waals surface area contributed by atoms with Gasteiger partial charge in [-0.15, -0.1) is 0 Å². The molecule has 88 valence electrons. The largest absolute Gasteiger partial charge is 0.465 e. The molecule has 0 spiro atoms. The SMILES string of the molecule is COC(=O)c1c2cccccc-2c(Br)c1CBr. The molecular formula is C13H10Br2O2. The van der Waals surface area contributed by atoms with Gasteiger partial charge in [-0.05, 0) is 32.6 Å². The number of hydrogen-bond acceptors (Lipinski definition) is 2. The molecule has 2 aliphatic carbocycles. The minimum absolute atomic E-state index is 0.304. The summed E-state index contributed by atoms with van der Waals surface area (Å²) in [6, 6.07) is 9.71. The van der Waals surface area contributed by atoms with E-state index >= 15 is 0 Å². The van der Waals surface area contributed by atoms with E-state index < -0.39 is 0 Å². The first-order valence-electron chi connectivity index (χ1n) is 5.04. The van der Waals surface area contributed by atoms with Crippen LogP contribution in [-0.2, 0) is 10.1 Å². The van der Waals surface area contributed by atoms with E-state index in [2.05, 4.69) is 31.9 Å². The number of rotatable bonds is 2. The van der Waals surface area contributed by atoms with Crippen molar-refractivity contribution in [2.75, 3.05) is 7.11 Å². The van der Waals surface area contributed by atoms with E-state index in [1.807, 2.05) is 30.3 Å². The van der Waals surface area contributed by atoms with Crippen LogP contribution in [0, 0.1) is 0 Å². The molecule has 0 aromatic rings. The lowest BCUT2D eigenvalue weighted by molar-refractivity contribution is 0.0601. The standard InChI is InChI=1S/C13H10Br2O2/c1-17-13(16)11-8-5-3-2-4-6-9(8)12(15)10(11)7-14/h2-6H,7H2,1H3. The van der Waals surface area contributed by atoms with E-state index in [1.54, 1.807) is 0 Å². The van der Waals surface area contributed by atoms with Crippen LogP contribution < -0.4 is 0 Å². The Morgan fingerprint density at radius 1 is 1.24 bits per heavy atom. The molecule has 17 heavy (non-hydrogen) atoms. The first-order valence-corrected chi connectivity index (χ1v) is 6.95. The average molecular weight is 358 g/mol. The second kappa shape index (κ2) is 5.19. The molecule has 0 aliphatic heterocycles. The number of alkyl halides is 1. The van der Waals surface area contributed by atoms with Gasteiger partial charge in [0.15, 0.2) is 0 Å². The Morgan fingerprint density at radius 2 is 1.88 bits per heavy atom. The van der Waals surface area contributed by atoms with Crippen LogP contribution in [0.2, 0.25) is 0 Å². The van der Waals surface area contributed by atoms with Gasteiger partial charge >= 0.3 is 5.97 Å². The van der Waals surface area contributed by atoms with Crippen molar-refractivity contribution >= 4 is 37.8 Å². The Morgan fingerprint density at radius 3 is 2.47 bits per heavy atom. The highest BCUT2D eigenvalue weighted by Gasteiger charge is 2.25. The third kappa shape index (κ3) is 2.11. The van der Waals surface area contributed by atoms with Gasteiger partial charge in [0.1, 0.15) is 0 Å². The zero-order valence-corrected chi connectivity index (χ0v) is 12.3. The summed E-state index contributed by atoms with van der Waals surface area (Å²) >= 11 is 6.95. The molecule has 0 saturated heterocycles. The van der Waals surface area contributed by atoms with Crippen LogP contribution in [0.1, 0.15) is 15.9 Å². The second-order valence-electron chi connectivity index (χ2n) is 3.53. The maximum absolute atomic E-state index is 11.9. The van der Waals surface area contributed by atoms with Crippen LogP contribution in [0.4, 0.5) is 0 Å². The van der Waals surface area contributed by atoms with Crippen molar-refractivity contribution in [3.8, 4) is 11.1 Å². The van der Waals surface area contributed by atoms with Gasteiger partial charge in [-0.25, -0.2) is 4.79 Å². The summed E-state index contributed by atoms with van der Waals surface area (Å²) in [4.78, 5) is 11.9. The lowest BCUT2D eigenvalue weighted by Gasteiger charge is -2.01. The summed E-state index contributed by atoms with van der Waals surface area (Å²) in [6.45, 7) is 0. The third-order valence-corrected chi connectivity index (χ3v) is 4.10. The number of methoxy groups -OCH3 is 1. The van der Waals surface area contributed by atoms with Gasteiger partial charge in [-0.3, -0.25) is 0 Å². The van der Waals surface area contributed by atoms with Crippen molar-refractivity contribution in [3.05, 3.63) is 45.9 Å².